The van der Waals surface area contributed by atoms with Crippen LogP contribution < -0.4 is 0 Å². The van der Waals surface area contributed by atoms with Gasteiger partial charge in [-0.3, -0.25) is 4.79 Å². The minimum Gasteiger partial charge on any atom is -0.339 e. The van der Waals surface area contributed by atoms with E-state index in [0.717, 1.165) is 31.6 Å². The Kier molecular flexibility index (Phi) is 2.93. The van der Waals surface area contributed by atoms with E-state index < -0.39 is 0 Å². The maximum absolute atomic E-state index is 12.5. The fourth-order valence-electron chi connectivity index (χ4n) is 2.52. The van der Waals surface area contributed by atoms with Crippen molar-refractivity contribution in [2.45, 2.75) is 33.1 Å². The number of piperidine rings is 1. The van der Waals surface area contributed by atoms with E-state index in [2.05, 4.69) is 15.1 Å². The van der Waals surface area contributed by atoms with Crippen LogP contribution in [0.25, 0.3) is 5.78 Å². The van der Waals surface area contributed by atoms with Gasteiger partial charge in [-0.15, -0.1) is 0 Å². The molecule has 2 aromatic rings. The molecule has 0 atom stereocenters. The zero-order chi connectivity index (χ0) is 13.4. The Hall–Kier alpha value is -1.98. The van der Waals surface area contributed by atoms with Crippen molar-refractivity contribution in [2.24, 2.45) is 0 Å². The summed E-state index contributed by atoms with van der Waals surface area (Å²) in [6, 6.07) is 0. The van der Waals surface area contributed by atoms with Gasteiger partial charge in [-0.05, 0) is 33.1 Å². The van der Waals surface area contributed by atoms with E-state index in [9.17, 15) is 4.79 Å². The molecule has 100 valence electrons. The van der Waals surface area contributed by atoms with E-state index in [4.69, 9.17) is 0 Å². The van der Waals surface area contributed by atoms with Gasteiger partial charge in [0.25, 0.3) is 11.7 Å². The zero-order valence-electron chi connectivity index (χ0n) is 11.3. The van der Waals surface area contributed by atoms with Crippen molar-refractivity contribution in [3.63, 3.8) is 0 Å². The van der Waals surface area contributed by atoms with Gasteiger partial charge in [0.05, 0.1) is 11.3 Å². The summed E-state index contributed by atoms with van der Waals surface area (Å²) in [6.07, 6.45) is 5.00. The minimum absolute atomic E-state index is 0.0553. The van der Waals surface area contributed by atoms with Gasteiger partial charge >= 0.3 is 0 Å². The Morgan fingerprint density at radius 1 is 1.21 bits per heavy atom. The number of fused-ring (bicyclic) bond motifs is 1. The highest BCUT2D eigenvalue weighted by Gasteiger charge is 2.21. The van der Waals surface area contributed by atoms with Crippen LogP contribution in [0.15, 0.2) is 6.20 Å². The molecular weight excluding hydrogens is 242 g/mol. The number of carbonyl (C=O) groups is 1. The fraction of sp³-hybridized carbons (Fsp3) is 0.538. The average Bonchev–Trinajstić information content (AvgIpc) is 2.81. The van der Waals surface area contributed by atoms with Crippen LogP contribution in [-0.4, -0.2) is 43.5 Å². The quantitative estimate of drug-likeness (QED) is 0.776. The third-order valence-corrected chi connectivity index (χ3v) is 3.59. The molecule has 0 aromatic carbocycles. The highest BCUT2D eigenvalue weighted by Crippen LogP contribution is 2.15. The van der Waals surface area contributed by atoms with Crippen molar-refractivity contribution in [1.29, 1.82) is 0 Å². The van der Waals surface area contributed by atoms with Crippen molar-refractivity contribution in [2.75, 3.05) is 13.1 Å². The molecule has 2 aromatic heterocycles. The van der Waals surface area contributed by atoms with Gasteiger partial charge in [0.2, 0.25) is 0 Å². The number of rotatable bonds is 1. The number of carbonyl (C=O) groups excluding carboxylic acids is 1. The molecule has 1 fully saturated rings. The lowest BCUT2D eigenvalue weighted by Crippen LogP contribution is -2.36. The predicted molar refractivity (Wildman–Crippen MR) is 70.0 cm³/mol. The molecule has 6 nitrogen and oxygen atoms in total. The van der Waals surface area contributed by atoms with E-state index in [1.165, 1.54) is 6.42 Å². The van der Waals surface area contributed by atoms with Crippen LogP contribution in [0.2, 0.25) is 0 Å². The first kappa shape index (κ1) is 12.1. The number of hydrogen-bond donors (Lipinski definition) is 0. The minimum atomic E-state index is 0.0553. The molecule has 1 aliphatic heterocycles. The Morgan fingerprint density at radius 3 is 2.68 bits per heavy atom. The topological polar surface area (TPSA) is 63.4 Å². The molecule has 3 heterocycles. The van der Waals surface area contributed by atoms with Crippen LogP contribution in [0.4, 0.5) is 0 Å². The van der Waals surface area contributed by atoms with E-state index >= 15 is 0 Å². The molecule has 0 unspecified atom stereocenters. The normalized spacial score (nSPS) is 16.0. The Morgan fingerprint density at radius 2 is 1.95 bits per heavy atom. The molecule has 0 bridgehead atoms. The number of aryl methyl sites for hydroxylation is 2. The maximum Gasteiger partial charge on any atom is 0.257 e. The number of hydrogen-bond acceptors (Lipinski definition) is 4. The molecule has 6 heteroatoms. The van der Waals surface area contributed by atoms with E-state index in [0.29, 0.717) is 17.2 Å². The summed E-state index contributed by atoms with van der Waals surface area (Å²) in [5.41, 5.74) is 1.43. The van der Waals surface area contributed by atoms with Gasteiger partial charge in [-0.25, -0.2) is 9.50 Å². The highest BCUT2D eigenvalue weighted by atomic mass is 16.2. The summed E-state index contributed by atoms with van der Waals surface area (Å²) in [7, 11) is 0. The van der Waals surface area contributed by atoms with Crippen molar-refractivity contribution >= 4 is 11.7 Å². The largest absolute Gasteiger partial charge is 0.339 e. The highest BCUT2D eigenvalue weighted by molar-refractivity contribution is 5.95. The first-order valence-electron chi connectivity index (χ1n) is 6.65. The van der Waals surface area contributed by atoms with Gasteiger partial charge in [0, 0.05) is 19.3 Å². The lowest BCUT2D eigenvalue weighted by Gasteiger charge is -2.27. The lowest BCUT2D eigenvalue weighted by atomic mass is 10.1. The molecular formula is C13H17N5O. The van der Waals surface area contributed by atoms with E-state index in [1.54, 1.807) is 10.7 Å². The first-order chi connectivity index (χ1) is 9.16. The summed E-state index contributed by atoms with van der Waals surface area (Å²) >= 11 is 0. The SMILES string of the molecule is Cc1nc2ncc(C(=O)N3CCCCC3)c(C)n2n1. The van der Waals surface area contributed by atoms with Gasteiger partial charge in [0.15, 0.2) is 0 Å². The van der Waals surface area contributed by atoms with Crippen molar-refractivity contribution < 1.29 is 4.79 Å². The van der Waals surface area contributed by atoms with Crippen LogP contribution in [-0.2, 0) is 0 Å². The van der Waals surface area contributed by atoms with E-state index in [1.807, 2.05) is 18.7 Å². The molecule has 1 amide bonds. The number of amides is 1. The average molecular weight is 259 g/mol. The van der Waals surface area contributed by atoms with Crippen molar-refractivity contribution in [3.8, 4) is 0 Å². The van der Waals surface area contributed by atoms with Crippen LogP contribution in [0.3, 0.4) is 0 Å². The van der Waals surface area contributed by atoms with Crippen LogP contribution in [0.1, 0.15) is 41.1 Å². The summed E-state index contributed by atoms with van der Waals surface area (Å²) < 4.78 is 1.65. The molecule has 19 heavy (non-hydrogen) atoms. The van der Waals surface area contributed by atoms with Crippen LogP contribution in [0, 0.1) is 13.8 Å². The van der Waals surface area contributed by atoms with Gasteiger partial charge in [0.1, 0.15) is 5.82 Å². The Bertz CT molecular complexity index is 627. The number of aromatic nitrogens is 4. The predicted octanol–water partition coefficient (Wildman–Crippen LogP) is 1.37. The molecule has 0 radical (unpaired) electrons. The molecule has 0 saturated carbocycles. The van der Waals surface area contributed by atoms with Gasteiger partial charge in [-0.1, -0.05) is 0 Å². The standard InChI is InChI=1S/C13H17N5O/c1-9-11(12(19)17-6-4-3-5-7-17)8-14-13-15-10(2)16-18(9)13/h8H,3-7H2,1-2H3. The molecule has 0 N–H and O–H groups in total. The molecule has 1 saturated heterocycles. The summed E-state index contributed by atoms with van der Waals surface area (Å²) in [4.78, 5) is 22.8. The smallest absolute Gasteiger partial charge is 0.257 e. The van der Waals surface area contributed by atoms with Crippen molar-refractivity contribution in [1.82, 2.24) is 24.5 Å². The maximum atomic E-state index is 12.5. The van der Waals surface area contributed by atoms with Crippen LogP contribution in [0.5, 0.6) is 0 Å². The first-order valence-corrected chi connectivity index (χ1v) is 6.65. The monoisotopic (exact) mass is 259 g/mol. The fourth-order valence-corrected chi connectivity index (χ4v) is 2.52. The number of nitrogens with zero attached hydrogens (tertiary/aromatic N) is 5. The van der Waals surface area contributed by atoms with E-state index in [-0.39, 0.29) is 5.91 Å². The summed E-state index contributed by atoms with van der Waals surface area (Å²) in [5, 5.41) is 4.27. The second-order valence-electron chi connectivity index (χ2n) is 4.98. The molecule has 3 rings (SSSR count). The molecule has 0 aliphatic carbocycles. The van der Waals surface area contributed by atoms with Crippen LogP contribution >= 0.6 is 0 Å². The summed E-state index contributed by atoms with van der Waals surface area (Å²) in [6.45, 7) is 5.39. The van der Waals surface area contributed by atoms with Crippen molar-refractivity contribution in [3.05, 3.63) is 23.3 Å². The number of likely N-dealkylation sites (tertiary alicyclic amines) is 1. The second-order valence-corrected chi connectivity index (χ2v) is 4.98. The molecule has 0 spiro atoms. The lowest BCUT2D eigenvalue weighted by molar-refractivity contribution is 0.0722. The zero-order valence-corrected chi connectivity index (χ0v) is 11.3. The summed E-state index contributed by atoms with van der Waals surface area (Å²) in [5.74, 6) is 1.27. The third kappa shape index (κ3) is 2.07. The Balaban J connectivity index is 1.99. The second kappa shape index (κ2) is 4.60. The third-order valence-electron chi connectivity index (χ3n) is 3.59. The Labute approximate surface area is 111 Å². The van der Waals surface area contributed by atoms with Gasteiger partial charge in [-0.2, -0.15) is 10.1 Å². The molecule has 1 aliphatic rings. The van der Waals surface area contributed by atoms with Gasteiger partial charge < -0.3 is 4.90 Å².